The zero-order valence-corrected chi connectivity index (χ0v) is 18.8. The summed E-state index contributed by atoms with van der Waals surface area (Å²) in [5.74, 6) is -0.0787. The van der Waals surface area contributed by atoms with Crippen LogP contribution in [0.4, 0.5) is 4.79 Å². The Bertz CT molecular complexity index is 1140. The van der Waals surface area contributed by atoms with Gasteiger partial charge in [0.25, 0.3) is 0 Å². The molecule has 3 aromatic rings. The van der Waals surface area contributed by atoms with Gasteiger partial charge in [-0.05, 0) is 25.0 Å². The molecule has 7 nitrogen and oxygen atoms in total. The summed E-state index contributed by atoms with van der Waals surface area (Å²) in [5.41, 5.74) is 1.75. The molecule has 0 saturated heterocycles. The van der Waals surface area contributed by atoms with E-state index in [0.29, 0.717) is 17.0 Å². The molecule has 0 spiro atoms. The Morgan fingerprint density at radius 1 is 1.23 bits per heavy atom. The molecule has 1 unspecified atom stereocenters. The highest BCUT2D eigenvalue weighted by Gasteiger charge is 2.33. The maximum Gasteiger partial charge on any atom is 0.338 e. The van der Waals surface area contributed by atoms with Crippen molar-refractivity contribution in [3.8, 4) is 0 Å². The first-order valence-corrected chi connectivity index (χ1v) is 11.8. The lowest BCUT2D eigenvalue weighted by Gasteiger charge is -2.29. The number of amides is 2. The quantitative estimate of drug-likeness (QED) is 0.315. The van der Waals surface area contributed by atoms with Crippen molar-refractivity contribution in [2.24, 2.45) is 0 Å². The first kappa shape index (κ1) is 21.3. The number of carbonyl (C=O) groups is 2. The first-order chi connectivity index (χ1) is 15.1. The smallest absolute Gasteiger partial charge is 0.338 e. The average molecular weight is 455 g/mol. The van der Waals surface area contributed by atoms with Gasteiger partial charge in [0.1, 0.15) is 16.2 Å². The van der Waals surface area contributed by atoms with Crippen molar-refractivity contribution in [2.75, 3.05) is 12.4 Å². The number of hydrogen-bond acceptors (Lipinski definition) is 7. The van der Waals surface area contributed by atoms with Gasteiger partial charge >= 0.3 is 12.0 Å². The van der Waals surface area contributed by atoms with Gasteiger partial charge in [-0.25, -0.2) is 19.6 Å². The Labute approximate surface area is 188 Å². The molecule has 0 aliphatic carbocycles. The molecule has 1 aliphatic rings. The number of benzene rings is 1. The molecule has 2 N–H and O–H groups in total. The molecule has 31 heavy (non-hydrogen) atoms. The molecule has 1 aliphatic heterocycles. The van der Waals surface area contributed by atoms with E-state index in [4.69, 9.17) is 4.74 Å². The molecule has 0 bridgehead atoms. The molecular formula is C22H22N4O3S2. The van der Waals surface area contributed by atoms with Crippen LogP contribution >= 0.6 is 23.1 Å². The summed E-state index contributed by atoms with van der Waals surface area (Å²) in [5, 5.41) is 7.47. The molecule has 2 aromatic heterocycles. The number of aryl methyl sites for hydroxylation is 1. The minimum Gasteiger partial charge on any atom is -0.463 e. The third-order valence-corrected chi connectivity index (χ3v) is 7.05. The van der Waals surface area contributed by atoms with Crippen LogP contribution in [0.15, 0.2) is 59.0 Å². The third kappa shape index (κ3) is 4.57. The number of nitrogens with zero attached hydrogens (tertiary/aromatic N) is 2. The predicted octanol–water partition coefficient (Wildman–Crippen LogP) is 4.22. The molecule has 2 amide bonds. The summed E-state index contributed by atoms with van der Waals surface area (Å²) in [6.45, 7) is 4.12. The number of ether oxygens (including phenoxy) is 1. The van der Waals surface area contributed by atoms with E-state index in [1.54, 1.807) is 24.6 Å². The monoisotopic (exact) mass is 454 g/mol. The van der Waals surface area contributed by atoms with Crippen molar-refractivity contribution in [1.82, 2.24) is 20.6 Å². The summed E-state index contributed by atoms with van der Waals surface area (Å²) < 4.78 is 5.32. The topological polar surface area (TPSA) is 93.2 Å². The van der Waals surface area contributed by atoms with Gasteiger partial charge in [-0.1, -0.05) is 49.0 Å². The van der Waals surface area contributed by atoms with Crippen LogP contribution < -0.4 is 10.6 Å². The molecule has 4 rings (SSSR count). The number of urea groups is 1. The highest BCUT2D eigenvalue weighted by Crippen LogP contribution is 2.34. The maximum atomic E-state index is 12.9. The Hall–Kier alpha value is -2.91. The zero-order chi connectivity index (χ0) is 21.8. The second-order valence-corrected chi connectivity index (χ2v) is 8.89. The van der Waals surface area contributed by atoms with Crippen LogP contribution in [0, 0.1) is 0 Å². The maximum absolute atomic E-state index is 12.9. The van der Waals surface area contributed by atoms with E-state index in [-0.39, 0.29) is 12.6 Å². The van der Waals surface area contributed by atoms with Crippen molar-refractivity contribution < 1.29 is 14.3 Å². The van der Waals surface area contributed by atoms with Crippen LogP contribution in [-0.4, -0.2) is 34.3 Å². The number of rotatable bonds is 7. The van der Waals surface area contributed by atoms with Gasteiger partial charge in [-0.15, -0.1) is 11.3 Å². The molecule has 1 aromatic carbocycles. The number of aromatic nitrogens is 2. The van der Waals surface area contributed by atoms with Crippen LogP contribution in [0.2, 0.25) is 0 Å². The first-order valence-electron chi connectivity index (χ1n) is 9.99. The van der Waals surface area contributed by atoms with Crippen LogP contribution in [0.3, 0.4) is 0 Å². The number of carbonyl (C=O) groups excluding carboxylic acids is 2. The van der Waals surface area contributed by atoms with Crippen molar-refractivity contribution >= 4 is 45.3 Å². The lowest BCUT2D eigenvalue weighted by atomic mass is 9.95. The minimum atomic E-state index is -0.581. The number of esters is 1. The minimum absolute atomic E-state index is 0.249. The standard InChI is InChI=1S/C22H22N4O3S2/c1-3-14-10-15-19(23-12-24-20(15)31-14)30-11-16-17(21(27)29-4-2)18(26-22(28)25-16)13-8-6-5-7-9-13/h5-10,12,18H,3-4,11H2,1-2H3,(H2,25,26,28). The van der Waals surface area contributed by atoms with Crippen molar-refractivity contribution in [3.05, 3.63) is 64.4 Å². The Morgan fingerprint density at radius 2 is 2.03 bits per heavy atom. The number of fused-ring (bicyclic) bond motifs is 1. The summed E-state index contributed by atoms with van der Waals surface area (Å²) in [6, 6.07) is 10.6. The Kier molecular flexibility index (Phi) is 6.53. The van der Waals surface area contributed by atoms with Crippen LogP contribution in [0.5, 0.6) is 0 Å². The molecule has 0 fully saturated rings. The normalized spacial score (nSPS) is 16.2. The van der Waals surface area contributed by atoms with Gasteiger partial charge in [-0.3, -0.25) is 0 Å². The predicted molar refractivity (Wildman–Crippen MR) is 122 cm³/mol. The van der Waals surface area contributed by atoms with Gasteiger partial charge in [0.15, 0.2) is 0 Å². The van der Waals surface area contributed by atoms with E-state index in [2.05, 4.69) is 33.6 Å². The molecule has 9 heteroatoms. The van der Waals surface area contributed by atoms with Crippen molar-refractivity contribution in [2.45, 2.75) is 31.3 Å². The second-order valence-electron chi connectivity index (χ2n) is 6.81. The van der Waals surface area contributed by atoms with E-state index in [9.17, 15) is 9.59 Å². The fourth-order valence-electron chi connectivity index (χ4n) is 3.39. The second kappa shape index (κ2) is 9.49. The summed E-state index contributed by atoms with van der Waals surface area (Å²) >= 11 is 3.12. The lowest BCUT2D eigenvalue weighted by Crippen LogP contribution is -2.46. The highest BCUT2D eigenvalue weighted by atomic mass is 32.2. The third-order valence-electron chi connectivity index (χ3n) is 4.83. The molecule has 3 heterocycles. The summed E-state index contributed by atoms with van der Waals surface area (Å²) in [4.78, 5) is 36.2. The van der Waals surface area contributed by atoms with Crippen molar-refractivity contribution in [1.29, 1.82) is 0 Å². The van der Waals surface area contributed by atoms with Crippen LogP contribution in [0.1, 0.15) is 30.3 Å². The average Bonchev–Trinajstić information content (AvgIpc) is 3.22. The largest absolute Gasteiger partial charge is 0.463 e. The molecule has 0 radical (unpaired) electrons. The SMILES string of the molecule is CCOC(=O)C1=C(CSc2ncnc3sc(CC)cc23)NC(=O)NC1c1ccccc1. The Balaban J connectivity index is 1.70. The lowest BCUT2D eigenvalue weighted by molar-refractivity contribution is -0.139. The van der Waals surface area contributed by atoms with Gasteiger partial charge in [0.05, 0.1) is 18.2 Å². The fourth-order valence-corrected chi connectivity index (χ4v) is 5.33. The van der Waals surface area contributed by atoms with Crippen LogP contribution in [0.25, 0.3) is 10.2 Å². The fraction of sp³-hybridized carbons (Fsp3) is 0.273. The van der Waals surface area contributed by atoms with Gasteiger partial charge in [0, 0.05) is 21.7 Å². The molecule has 1 atom stereocenters. The van der Waals surface area contributed by atoms with E-state index < -0.39 is 12.0 Å². The molecule has 0 saturated carbocycles. The van der Waals surface area contributed by atoms with Crippen LogP contribution in [-0.2, 0) is 16.0 Å². The van der Waals surface area contributed by atoms with E-state index in [1.165, 1.54) is 16.6 Å². The van der Waals surface area contributed by atoms with Gasteiger partial charge < -0.3 is 15.4 Å². The van der Waals surface area contributed by atoms with E-state index >= 15 is 0 Å². The number of thiophene rings is 1. The van der Waals surface area contributed by atoms with Gasteiger partial charge in [0.2, 0.25) is 0 Å². The molecule has 160 valence electrons. The highest BCUT2D eigenvalue weighted by molar-refractivity contribution is 7.99. The summed E-state index contributed by atoms with van der Waals surface area (Å²) in [6.07, 6.45) is 2.48. The Morgan fingerprint density at radius 3 is 2.77 bits per heavy atom. The van der Waals surface area contributed by atoms with Crippen molar-refractivity contribution in [3.63, 3.8) is 0 Å². The van der Waals surface area contributed by atoms with Gasteiger partial charge in [-0.2, -0.15) is 0 Å². The van der Waals surface area contributed by atoms with E-state index in [1.807, 2.05) is 30.3 Å². The number of thioether (sulfide) groups is 1. The zero-order valence-electron chi connectivity index (χ0n) is 17.2. The number of hydrogen-bond donors (Lipinski definition) is 2. The number of nitrogens with one attached hydrogen (secondary N) is 2. The molecular weight excluding hydrogens is 432 g/mol. The van der Waals surface area contributed by atoms with E-state index in [0.717, 1.165) is 27.2 Å². The summed E-state index contributed by atoms with van der Waals surface area (Å²) in [7, 11) is 0.